The summed E-state index contributed by atoms with van der Waals surface area (Å²) in [5, 5.41) is 17.9. The number of phenolic OH excluding ortho intramolecular Hbond substituents is 1. The summed E-state index contributed by atoms with van der Waals surface area (Å²) in [7, 11) is 0. The number of aromatic hydroxyl groups is 1. The van der Waals surface area contributed by atoms with Crippen LogP contribution in [0.5, 0.6) is 5.75 Å². The molecule has 0 aliphatic rings. The zero-order valence-corrected chi connectivity index (χ0v) is 10.8. The summed E-state index contributed by atoms with van der Waals surface area (Å²) in [6, 6.07) is 6.85. The van der Waals surface area contributed by atoms with Crippen molar-refractivity contribution in [2.75, 3.05) is 0 Å². The Labute approximate surface area is 107 Å². The van der Waals surface area contributed by atoms with Crippen LogP contribution in [0.1, 0.15) is 44.8 Å². The van der Waals surface area contributed by atoms with Crippen LogP contribution < -0.4 is 0 Å². The van der Waals surface area contributed by atoms with Gasteiger partial charge in [-0.05, 0) is 44.4 Å². The first kappa shape index (κ1) is 14.5. The molecule has 100 valence electrons. The summed E-state index contributed by atoms with van der Waals surface area (Å²) in [5.74, 6) is -0.573. The topological polar surface area (TPSA) is 66.8 Å². The van der Waals surface area contributed by atoms with Crippen LogP contribution >= 0.6 is 0 Å². The summed E-state index contributed by atoms with van der Waals surface area (Å²) in [4.78, 5) is 10.5. The molecule has 0 radical (unpaired) electrons. The van der Waals surface area contributed by atoms with Gasteiger partial charge >= 0.3 is 5.97 Å². The van der Waals surface area contributed by atoms with Crippen molar-refractivity contribution in [2.45, 2.75) is 45.3 Å². The summed E-state index contributed by atoms with van der Waals surface area (Å²) < 4.78 is 5.78. The second-order valence-electron chi connectivity index (χ2n) is 4.55. The second-order valence-corrected chi connectivity index (χ2v) is 4.55. The Hall–Kier alpha value is -1.55. The SMILES string of the molecule is CC(C)OC(CCCC(=O)O)c1ccc(O)cc1. The van der Waals surface area contributed by atoms with E-state index >= 15 is 0 Å². The van der Waals surface area contributed by atoms with Gasteiger partial charge in [0.2, 0.25) is 0 Å². The lowest BCUT2D eigenvalue weighted by molar-refractivity contribution is -0.137. The quantitative estimate of drug-likeness (QED) is 0.782. The molecule has 1 unspecified atom stereocenters. The van der Waals surface area contributed by atoms with E-state index in [2.05, 4.69) is 0 Å². The molecule has 0 aromatic heterocycles. The predicted octanol–water partition coefficient (Wildman–Crippen LogP) is 3.11. The number of phenols is 1. The van der Waals surface area contributed by atoms with Crippen LogP contribution in [0.4, 0.5) is 0 Å². The summed E-state index contributed by atoms with van der Waals surface area (Å²) in [6.45, 7) is 3.90. The van der Waals surface area contributed by atoms with Crippen molar-refractivity contribution >= 4 is 5.97 Å². The number of aliphatic carboxylic acids is 1. The van der Waals surface area contributed by atoms with E-state index in [0.717, 1.165) is 5.56 Å². The predicted molar refractivity (Wildman–Crippen MR) is 68.6 cm³/mol. The average Bonchev–Trinajstić information content (AvgIpc) is 2.28. The van der Waals surface area contributed by atoms with Crippen molar-refractivity contribution in [3.63, 3.8) is 0 Å². The molecule has 0 heterocycles. The molecule has 0 fully saturated rings. The van der Waals surface area contributed by atoms with E-state index in [0.29, 0.717) is 12.8 Å². The maximum atomic E-state index is 10.5. The maximum absolute atomic E-state index is 10.5. The number of hydrogen-bond acceptors (Lipinski definition) is 3. The van der Waals surface area contributed by atoms with Crippen molar-refractivity contribution in [2.24, 2.45) is 0 Å². The van der Waals surface area contributed by atoms with Gasteiger partial charge in [-0.2, -0.15) is 0 Å². The van der Waals surface area contributed by atoms with Crippen molar-refractivity contribution in [3.8, 4) is 5.75 Å². The Morgan fingerprint density at radius 1 is 1.28 bits per heavy atom. The maximum Gasteiger partial charge on any atom is 0.303 e. The third-order valence-corrected chi connectivity index (χ3v) is 2.56. The van der Waals surface area contributed by atoms with Gasteiger partial charge in [0, 0.05) is 6.42 Å². The van der Waals surface area contributed by atoms with E-state index in [1.165, 1.54) is 0 Å². The first-order chi connectivity index (χ1) is 8.49. The van der Waals surface area contributed by atoms with Gasteiger partial charge in [-0.1, -0.05) is 12.1 Å². The molecule has 0 aliphatic carbocycles. The Kier molecular flexibility index (Phi) is 5.65. The number of carboxylic acid groups (broad SMARTS) is 1. The number of carbonyl (C=O) groups is 1. The van der Waals surface area contributed by atoms with Gasteiger partial charge in [-0.25, -0.2) is 0 Å². The lowest BCUT2D eigenvalue weighted by atomic mass is 10.0. The molecule has 4 heteroatoms. The molecular weight excluding hydrogens is 232 g/mol. The van der Waals surface area contributed by atoms with Crippen LogP contribution in [0.3, 0.4) is 0 Å². The molecule has 0 spiro atoms. The Balaban J connectivity index is 2.65. The molecule has 1 aromatic rings. The van der Waals surface area contributed by atoms with Crippen LogP contribution in [-0.4, -0.2) is 22.3 Å². The summed E-state index contributed by atoms with van der Waals surface area (Å²) in [6.07, 6.45) is 1.34. The summed E-state index contributed by atoms with van der Waals surface area (Å²) >= 11 is 0. The number of carboxylic acids is 1. The molecule has 0 bridgehead atoms. The van der Waals surface area contributed by atoms with Gasteiger partial charge < -0.3 is 14.9 Å². The Morgan fingerprint density at radius 2 is 1.89 bits per heavy atom. The number of rotatable bonds is 7. The number of ether oxygens (including phenoxy) is 1. The molecule has 1 atom stereocenters. The molecule has 2 N–H and O–H groups in total. The van der Waals surface area contributed by atoms with Gasteiger partial charge in [-0.15, -0.1) is 0 Å². The molecule has 0 aliphatic heterocycles. The lowest BCUT2D eigenvalue weighted by Crippen LogP contribution is -2.11. The van der Waals surface area contributed by atoms with Crippen molar-refractivity contribution in [1.29, 1.82) is 0 Å². The zero-order valence-electron chi connectivity index (χ0n) is 10.8. The summed E-state index contributed by atoms with van der Waals surface area (Å²) in [5.41, 5.74) is 0.965. The first-order valence-electron chi connectivity index (χ1n) is 6.15. The highest BCUT2D eigenvalue weighted by Crippen LogP contribution is 2.26. The third-order valence-electron chi connectivity index (χ3n) is 2.56. The standard InChI is InChI=1S/C14H20O4/c1-10(2)18-13(4-3-5-14(16)17)11-6-8-12(15)9-7-11/h6-10,13,15H,3-5H2,1-2H3,(H,16,17). The van der Waals surface area contributed by atoms with Gasteiger partial charge in [-0.3, -0.25) is 4.79 Å². The second kappa shape index (κ2) is 7.01. The van der Waals surface area contributed by atoms with Crippen LogP contribution in [0.2, 0.25) is 0 Å². The highest BCUT2D eigenvalue weighted by molar-refractivity contribution is 5.66. The van der Waals surface area contributed by atoms with E-state index < -0.39 is 5.97 Å². The normalized spacial score (nSPS) is 12.6. The van der Waals surface area contributed by atoms with Crippen LogP contribution in [0.15, 0.2) is 24.3 Å². The van der Waals surface area contributed by atoms with Crippen LogP contribution in [0.25, 0.3) is 0 Å². The van der Waals surface area contributed by atoms with Gasteiger partial charge in [0.15, 0.2) is 0 Å². The number of benzene rings is 1. The fraction of sp³-hybridized carbons (Fsp3) is 0.500. The van der Waals surface area contributed by atoms with Crippen LogP contribution in [0, 0.1) is 0 Å². The Bertz CT molecular complexity index is 370. The van der Waals surface area contributed by atoms with Crippen LogP contribution in [-0.2, 0) is 9.53 Å². The number of hydrogen-bond donors (Lipinski definition) is 2. The van der Waals surface area contributed by atoms with Crippen molar-refractivity contribution in [3.05, 3.63) is 29.8 Å². The fourth-order valence-electron chi connectivity index (χ4n) is 1.77. The molecule has 0 saturated heterocycles. The lowest BCUT2D eigenvalue weighted by Gasteiger charge is -2.20. The van der Waals surface area contributed by atoms with Gasteiger partial charge in [0.25, 0.3) is 0 Å². The first-order valence-corrected chi connectivity index (χ1v) is 6.15. The average molecular weight is 252 g/mol. The van der Waals surface area contributed by atoms with E-state index in [-0.39, 0.29) is 24.4 Å². The minimum Gasteiger partial charge on any atom is -0.508 e. The fourth-order valence-corrected chi connectivity index (χ4v) is 1.77. The molecule has 1 aromatic carbocycles. The largest absolute Gasteiger partial charge is 0.508 e. The molecule has 0 saturated carbocycles. The van der Waals surface area contributed by atoms with Crippen molar-refractivity contribution in [1.82, 2.24) is 0 Å². The smallest absolute Gasteiger partial charge is 0.303 e. The third kappa shape index (κ3) is 5.19. The van der Waals surface area contributed by atoms with Gasteiger partial charge in [0.05, 0.1) is 12.2 Å². The highest BCUT2D eigenvalue weighted by Gasteiger charge is 2.14. The minimum atomic E-state index is -0.788. The van der Waals surface area contributed by atoms with Crippen molar-refractivity contribution < 1.29 is 19.7 Å². The van der Waals surface area contributed by atoms with E-state index in [9.17, 15) is 9.90 Å². The van der Waals surface area contributed by atoms with E-state index in [1.807, 2.05) is 26.0 Å². The Morgan fingerprint density at radius 3 is 2.39 bits per heavy atom. The molecular formula is C14H20O4. The molecule has 4 nitrogen and oxygen atoms in total. The molecule has 0 amide bonds. The van der Waals surface area contributed by atoms with Gasteiger partial charge in [0.1, 0.15) is 5.75 Å². The monoisotopic (exact) mass is 252 g/mol. The molecule has 18 heavy (non-hydrogen) atoms. The van der Waals surface area contributed by atoms with E-state index in [4.69, 9.17) is 9.84 Å². The minimum absolute atomic E-state index is 0.0774. The molecule has 1 rings (SSSR count). The highest BCUT2D eigenvalue weighted by atomic mass is 16.5. The van der Waals surface area contributed by atoms with E-state index in [1.54, 1.807) is 12.1 Å². The zero-order chi connectivity index (χ0) is 13.5.